The van der Waals surface area contributed by atoms with Crippen LogP contribution in [0.3, 0.4) is 0 Å². The van der Waals surface area contributed by atoms with Crippen LogP contribution in [0.4, 0.5) is 0 Å². The predicted molar refractivity (Wildman–Crippen MR) is 52.3 cm³/mol. The Balaban J connectivity index is 2.62. The Kier molecular flexibility index (Phi) is 2.95. The van der Waals surface area contributed by atoms with Crippen molar-refractivity contribution in [3.63, 3.8) is 0 Å². The van der Waals surface area contributed by atoms with E-state index in [1.807, 2.05) is 6.07 Å². The van der Waals surface area contributed by atoms with E-state index in [1.54, 1.807) is 26.8 Å². The number of ether oxygens (including phenoxy) is 1. The molecule has 0 radical (unpaired) electrons. The second kappa shape index (κ2) is 3.83. The summed E-state index contributed by atoms with van der Waals surface area (Å²) in [5.41, 5.74) is -0.390. The minimum Gasteiger partial charge on any atom is -0.456 e. The molecule has 1 saturated carbocycles. The molecule has 1 fully saturated rings. The Labute approximate surface area is 84.4 Å². The molecular weight excluding hydrogens is 178 g/mol. The van der Waals surface area contributed by atoms with Gasteiger partial charge < -0.3 is 4.74 Å². The van der Waals surface area contributed by atoms with Crippen LogP contribution < -0.4 is 0 Å². The van der Waals surface area contributed by atoms with Crippen LogP contribution in [0.1, 0.15) is 33.6 Å². The predicted octanol–water partition coefficient (Wildman–Crippen LogP) is 2.19. The first-order valence-electron chi connectivity index (χ1n) is 4.77. The van der Waals surface area contributed by atoms with E-state index in [0.29, 0.717) is 5.92 Å². The maximum Gasteiger partial charge on any atom is 0.349 e. The lowest BCUT2D eigenvalue weighted by Gasteiger charge is -2.18. The fourth-order valence-corrected chi connectivity index (χ4v) is 0.983. The van der Waals surface area contributed by atoms with Crippen LogP contribution >= 0.6 is 0 Å². The smallest absolute Gasteiger partial charge is 0.349 e. The molecule has 0 amide bonds. The lowest BCUT2D eigenvalue weighted by atomic mass is 10.1. The Morgan fingerprint density at radius 1 is 1.50 bits per heavy atom. The average molecular weight is 193 g/mol. The molecule has 0 heterocycles. The summed E-state index contributed by atoms with van der Waals surface area (Å²) in [5, 5.41) is 8.75. The van der Waals surface area contributed by atoms with Crippen molar-refractivity contribution >= 4 is 5.97 Å². The molecule has 0 spiro atoms. The first-order valence-corrected chi connectivity index (χ1v) is 4.77. The fourth-order valence-electron chi connectivity index (χ4n) is 0.983. The highest BCUT2D eigenvalue weighted by molar-refractivity contribution is 5.93. The second-order valence-corrected chi connectivity index (χ2v) is 4.53. The van der Waals surface area contributed by atoms with Crippen molar-refractivity contribution in [3.8, 4) is 6.07 Å². The van der Waals surface area contributed by atoms with Gasteiger partial charge in [-0.2, -0.15) is 5.26 Å². The molecule has 76 valence electrons. The standard InChI is InChI=1S/C11H15NO2/c1-11(2,3)14-10(13)9(7-12)6-8-4-5-8/h6,8H,4-5H2,1-3H3. The van der Waals surface area contributed by atoms with E-state index < -0.39 is 11.6 Å². The SMILES string of the molecule is CC(C)(C)OC(=O)C(C#N)=CC1CC1. The Morgan fingerprint density at radius 3 is 2.43 bits per heavy atom. The van der Waals surface area contributed by atoms with Gasteiger partial charge in [-0.1, -0.05) is 6.08 Å². The van der Waals surface area contributed by atoms with E-state index >= 15 is 0 Å². The third kappa shape index (κ3) is 3.61. The highest BCUT2D eigenvalue weighted by atomic mass is 16.6. The van der Waals surface area contributed by atoms with Gasteiger partial charge in [-0.05, 0) is 39.5 Å². The van der Waals surface area contributed by atoms with Crippen LogP contribution in [0, 0.1) is 17.2 Å². The summed E-state index contributed by atoms with van der Waals surface area (Å²) in [4.78, 5) is 11.4. The molecule has 0 unspecified atom stereocenters. The highest BCUT2D eigenvalue weighted by Crippen LogP contribution is 2.31. The van der Waals surface area contributed by atoms with Gasteiger partial charge in [0.05, 0.1) is 0 Å². The molecule has 0 aromatic rings. The summed E-state index contributed by atoms with van der Waals surface area (Å²) < 4.78 is 5.09. The maximum atomic E-state index is 11.4. The van der Waals surface area contributed by atoms with E-state index in [9.17, 15) is 4.79 Å². The van der Waals surface area contributed by atoms with Gasteiger partial charge in [0.15, 0.2) is 0 Å². The Bertz CT molecular complexity index is 300. The number of carbonyl (C=O) groups excluding carboxylic acids is 1. The summed E-state index contributed by atoms with van der Waals surface area (Å²) >= 11 is 0. The molecule has 0 N–H and O–H groups in total. The summed E-state index contributed by atoms with van der Waals surface area (Å²) in [6, 6.07) is 1.88. The van der Waals surface area contributed by atoms with Gasteiger partial charge in [-0.15, -0.1) is 0 Å². The second-order valence-electron chi connectivity index (χ2n) is 4.53. The minimum absolute atomic E-state index is 0.141. The molecule has 1 rings (SSSR count). The van der Waals surface area contributed by atoms with Crippen molar-refractivity contribution in [3.05, 3.63) is 11.6 Å². The van der Waals surface area contributed by atoms with Crippen molar-refractivity contribution in [2.24, 2.45) is 5.92 Å². The van der Waals surface area contributed by atoms with Crippen LogP contribution in [0.2, 0.25) is 0 Å². The molecule has 0 bridgehead atoms. The van der Waals surface area contributed by atoms with E-state index in [-0.39, 0.29) is 5.57 Å². The number of esters is 1. The van der Waals surface area contributed by atoms with Crippen LogP contribution in [0.5, 0.6) is 0 Å². The number of hydrogen-bond donors (Lipinski definition) is 0. The highest BCUT2D eigenvalue weighted by Gasteiger charge is 2.24. The summed E-state index contributed by atoms with van der Waals surface area (Å²) in [7, 11) is 0. The van der Waals surface area contributed by atoms with Gasteiger partial charge >= 0.3 is 5.97 Å². The van der Waals surface area contributed by atoms with Crippen molar-refractivity contribution in [2.75, 3.05) is 0 Å². The third-order valence-electron chi connectivity index (χ3n) is 1.76. The zero-order chi connectivity index (χ0) is 10.8. The zero-order valence-corrected chi connectivity index (χ0v) is 8.83. The summed E-state index contributed by atoms with van der Waals surface area (Å²) in [6.07, 6.45) is 3.87. The number of allylic oxidation sites excluding steroid dienone is 1. The first-order chi connectivity index (χ1) is 6.42. The van der Waals surface area contributed by atoms with Gasteiger partial charge in [0.25, 0.3) is 0 Å². The zero-order valence-electron chi connectivity index (χ0n) is 8.83. The van der Waals surface area contributed by atoms with E-state index in [4.69, 9.17) is 10.00 Å². The molecule has 0 aromatic heterocycles. The van der Waals surface area contributed by atoms with Gasteiger partial charge in [0.1, 0.15) is 17.2 Å². The summed E-state index contributed by atoms with van der Waals surface area (Å²) in [5.74, 6) is -0.0935. The number of carbonyl (C=O) groups is 1. The first kappa shape index (κ1) is 10.8. The lowest BCUT2D eigenvalue weighted by Crippen LogP contribution is -2.24. The molecule has 14 heavy (non-hydrogen) atoms. The quantitative estimate of drug-likeness (QED) is 0.383. The van der Waals surface area contributed by atoms with Gasteiger partial charge in [-0.25, -0.2) is 4.79 Å². The molecule has 3 heteroatoms. The number of hydrogen-bond acceptors (Lipinski definition) is 3. The Hall–Kier alpha value is -1.30. The minimum atomic E-state index is -0.531. The third-order valence-corrected chi connectivity index (χ3v) is 1.76. The van der Waals surface area contributed by atoms with Gasteiger partial charge in [0, 0.05) is 0 Å². The van der Waals surface area contributed by atoms with Crippen LogP contribution in [0.25, 0.3) is 0 Å². The van der Waals surface area contributed by atoms with E-state index in [0.717, 1.165) is 12.8 Å². The number of nitrogens with zero attached hydrogens (tertiary/aromatic N) is 1. The monoisotopic (exact) mass is 193 g/mol. The number of nitriles is 1. The molecule has 0 aliphatic heterocycles. The van der Waals surface area contributed by atoms with Crippen molar-refractivity contribution in [1.82, 2.24) is 0 Å². The fraction of sp³-hybridized carbons (Fsp3) is 0.636. The van der Waals surface area contributed by atoms with Gasteiger partial charge in [0.2, 0.25) is 0 Å². The molecule has 0 aromatic carbocycles. The largest absolute Gasteiger partial charge is 0.456 e. The molecule has 0 atom stereocenters. The maximum absolute atomic E-state index is 11.4. The van der Waals surface area contributed by atoms with E-state index in [1.165, 1.54) is 0 Å². The number of rotatable bonds is 2. The molecule has 1 aliphatic rings. The molecular formula is C11H15NO2. The van der Waals surface area contributed by atoms with Crippen molar-refractivity contribution in [2.45, 2.75) is 39.2 Å². The topological polar surface area (TPSA) is 50.1 Å². The van der Waals surface area contributed by atoms with Crippen LogP contribution in [-0.4, -0.2) is 11.6 Å². The Morgan fingerprint density at radius 2 is 2.07 bits per heavy atom. The summed E-state index contributed by atoms with van der Waals surface area (Å²) in [6.45, 7) is 5.37. The van der Waals surface area contributed by atoms with Crippen LogP contribution in [0.15, 0.2) is 11.6 Å². The van der Waals surface area contributed by atoms with Crippen LogP contribution in [-0.2, 0) is 9.53 Å². The van der Waals surface area contributed by atoms with Crippen molar-refractivity contribution < 1.29 is 9.53 Å². The average Bonchev–Trinajstić information content (AvgIpc) is 2.79. The molecule has 0 saturated heterocycles. The lowest BCUT2D eigenvalue weighted by molar-refractivity contribution is -0.149. The molecule has 1 aliphatic carbocycles. The van der Waals surface area contributed by atoms with E-state index in [2.05, 4.69) is 0 Å². The normalized spacial score (nSPS) is 17.4. The molecule has 3 nitrogen and oxygen atoms in total. The van der Waals surface area contributed by atoms with Gasteiger partial charge in [-0.3, -0.25) is 0 Å². The van der Waals surface area contributed by atoms with Crippen molar-refractivity contribution in [1.29, 1.82) is 5.26 Å².